The second-order valence-corrected chi connectivity index (χ2v) is 5.08. The maximum Gasteiger partial charge on any atom is 0.314 e. The standard InChI is InChI=1S/C17H17FN2O3/c1-11(2)23-15-9-4-3-8-14(15)20-17(22)16(21)19-13-7-5-6-12(18)10-13/h3-11H,1-2H3,(H,19,21)(H,20,22). The van der Waals surface area contributed by atoms with Gasteiger partial charge in [0.25, 0.3) is 0 Å². The summed E-state index contributed by atoms with van der Waals surface area (Å²) < 4.78 is 18.6. The minimum absolute atomic E-state index is 0.0748. The van der Waals surface area contributed by atoms with Gasteiger partial charge in [-0.3, -0.25) is 9.59 Å². The lowest BCUT2D eigenvalue weighted by molar-refractivity contribution is -0.133. The number of carbonyl (C=O) groups excluding carboxylic acids is 2. The van der Waals surface area contributed by atoms with Gasteiger partial charge in [0, 0.05) is 5.69 Å². The molecule has 0 saturated carbocycles. The number of carbonyl (C=O) groups is 2. The summed E-state index contributed by atoms with van der Waals surface area (Å²) in [5.74, 6) is -1.79. The van der Waals surface area contributed by atoms with Crippen molar-refractivity contribution in [2.75, 3.05) is 10.6 Å². The molecule has 2 aromatic carbocycles. The average molecular weight is 316 g/mol. The van der Waals surface area contributed by atoms with Crippen LogP contribution in [-0.4, -0.2) is 17.9 Å². The molecule has 0 aromatic heterocycles. The predicted octanol–water partition coefficient (Wildman–Crippen LogP) is 3.19. The molecule has 2 rings (SSSR count). The number of hydrogen-bond donors (Lipinski definition) is 2. The molecule has 120 valence electrons. The zero-order valence-electron chi connectivity index (χ0n) is 12.8. The summed E-state index contributed by atoms with van der Waals surface area (Å²) in [6.45, 7) is 3.71. The first-order valence-electron chi connectivity index (χ1n) is 7.09. The highest BCUT2D eigenvalue weighted by Gasteiger charge is 2.16. The first-order chi connectivity index (χ1) is 11.0. The molecule has 0 unspecified atom stereocenters. The molecule has 0 atom stereocenters. The van der Waals surface area contributed by atoms with Crippen molar-refractivity contribution in [3.05, 3.63) is 54.3 Å². The van der Waals surface area contributed by atoms with Crippen molar-refractivity contribution in [3.8, 4) is 5.75 Å². The van der Waals surface area contributed by atoms with Gasteiger partial charge in [-0.2, -0.15) is 0 Å². The van der Waals surface area contributed by atoms with Crippen LogP contribution in [0.25, 0.3) is 0 Å². The third-order valence-electron chi connectivity index (χ3n) is 2.79. The summed E-state index contributed by atoms with van der Waals surface area (Å²) in [6, 6.07) is 12.1. The van der Waals surface area contributed by atoms with Crippen LogP contribution in [0.1, 0.15) is 13.8 Å². The SMILES string of the molecule is CC(C)Oc1ccccc1NC(=O)C(=O)Nc1cccc(F)c1. The highest BCUT2D eigenvalue weighted by atomic mass is 19.1. The molecule has 0 radical (unpaired) electrons. The Morgan fingerprint density at radius 3 is 2.39 bits per heavy atom. The second-order valence-electron chi connectivity index (χ2n) is 5.08. The minimum atomic E-state index is -0.894. The van der Waals surface area contributed by atoms with E-state index in [0.29, 0.717) is 11.4 Å². The van der Waals surface area contributed by atoms with Crippen LogP contribution in [0.5, 0.6) is 5.75 Å². The molecule has 6 heteroatoms. The van der Waals surface area contributed by atoms with Gasteiger partial charge in [0.1, 0.15) is 11.6 Å². The van der Waals surface area contributed by atoms with Crippen LogP contribution >= 0.6 is 0 Å². The van der Waals surface area contributed by atoms with Gasteiger partial charge in [-0.05, 0) is 44.2 Å². The van der Waals surface area contributed by atoms with Crippen LogP contribution in [0.15, 0.2) is 48.5 Å². The van der Waals surface area contributed by atoms with E-state index in [1.165, 1.54) is 18.2 Å². The molecule has 0 bridgehead atoms. The number of halogens is 1. The summed E-state index contributed by atoms with van der Waals surface area (Å²) in [6.07, 6.45) is -0.0748. The Morgan fingerprint density at radius 2 is 1.70 bits per heavy atom. The van der Waals surface area contributed by atoms with Crippen LogP contribution in [0.4, 0.5) is 15.8 Å². The summed E-state index contributed by atoms with van der Waals surface area (Å²) >= 11 is 0. The van der Waals surface area contributed by atoms with Crippen LogP contribution in [0.3, 0.4) is 0 Å². The monoisotopic (exact) mass is 316 g/mol. The van der Waals surface area contributed by atoms with Gasteiger partial charge in [0.15, 0.2) is 0 Å². The molecule has 5 nitrogen and oxygen atoms in total. The Kier molecular flexibility index (Phi) is 5.30. The molecule has 2 amide bonds. The minimum Gasteiger partial charge on any atom is -0.489 e. The van der Waals surface area contributed by atoms with Crippen LogP contribution in [0, 0.1) is 5.82 Å². The molecular weight excluding hydrogens is 299 g/mol. The molecule has 0 spiro atoms. The van der Waals surface area contributed by atoms with E-state index in [-0.39, 0.29) is 11.8 Å². The van der Waals surface area contributed by atoms with Gasteiger partial charge in [-0.15, -0.1) is 0 Å². The van der Waals surface area contributed by atoms with E-state index in [9.17, 15) is 14.0 Å². The summed E-state index contributed by atoms with van der Waals surface area (Å²) in [5.41, 5.74) is 0.595. The topological polar surface area (TPSA) is 67.4 Å². The van der Waals surface area contributed by atoms with Gasteiger partial charge in [0.05, 0.1) is 11.8 Å². The lowest BCUT2D eigenvalue weighted by Crippen LogP contribution is -2.29. The molecule has 0 saturated heterocycles. The van der Waals surface area contributed by atoms with Crippen LogP contribution in [0.2, 0.25) is 0 Å². The fourth-order valence-corrected chi connectivity index (χ4v) is 1.86. The van der Waals surface area contributed by atoms with Crippen molar-refractivity contribution in [1.82, 2.24) is 0 Å². The fraction of sp³-hybridized carbons (Fsp3) is 0.176. The smallest absolute Gasteiger partial charge is 0.314 e. The van der Waals surface area contributed by atoms with Crippen molar-refractivity contribution >= 4 is 23.2 Å². The maximum absolute atomic E-state index is 13.1. The molecule has 0 heterocycles. The summed E-state index contributed by atoms with van der Waals surface area (Å²) in [4.78, 5) is 23.8. The van der Waals surface area contributed by atoms with Gasteiger partial charge >= 0.3 is 11.8 Å². The number of rotatable bonds is 4. The molecule has 23 heavy (non-hydrogen) atoms. The zero-order valence-corrected chi connectivity index (χ0v) is 12.8. The average Bonchev–Trinajstić information content (AvgIpc) is 2.48. The number of benzene rings is 2. The Hall–Kier alpha value is -2.89. The Balaban J connectivity index is 2.05. The lowest BCUT2D eigenvalue weighted by atomic mass is 10.2. The van der Waals surface area contributed by atoms with Crippen molar-refractivity contribution in [2.45, 2.75) is 20.0 Å². The van der Waals surface area contributed by atoms with Crippen molar-refractivity contribution in [1.29, 1.82) is 0 Å². The van der Waals surface area contributed by atoms with Gasteiger partial charge in [-0.25, -0.2) is 4.39 Å². The third-order valence-corrected chi connectivity index (χ3v) is 2.79. The van der Waals surface area contributed by atoms with E-state index in [4.69, 9.17) is 4.74 Å². The highest BCUT2D eigenvalue weighted by Crippen LogP contribution is 2.24. The fourth-order valence-electron chi connectivity index (χ4n) is 1.86. The van der Waals surface area contributed by atoms with E-state index < -0.39 is 17.6 Å². The Labute approximate surface area is 133 Å². The predicted molar refractivity (Wildman–Crippen MR) is 85.9 cm³/mol. The summed E-state index contributed by atoms with van der Waals surface area (Å²) in [7, 11) is 0. The lowest BCUT2D eigenvalue weighted by Gasteiger charge is -2.14. The van der Waals surface area contributed by atoms with E-state index in [2.05, 4.69) is 10.6 Å². The maximum atomic E-state index is 13.1. The van der Waals surface area contributed by atoms with Gasteiger partial charge in [-0.1, -0.05) is 18.2 Å². The number of anilines is 2. The molecular formula is C17H17FN2O3. The zero-order chi connectivity index (χ0) is 16.8. The number of nitrogens with one attached hydrogen (secondary N) is 2. The first-order valence-corrected chi connectivity index (χ1v) is 7.09. The molecule has 0 fully saturated rings. The largest absolute Gasteiger partial charge is 0.489 e. The van der Waals surface area contributed by atoms with E-state index in [0.717, 1.165) is 6.07 Å². The quantitative estimate of drug-likeness (QED) is 0.851. The summed E-state index contributed by atoms with van der Waals surface area (Å²) in [5, 5.41) is 4.81. The van der Waals surface area contributed by atoms with Crippen LogP contribution in [-0.2, 0) is 9.59 Å². The Morgan fingerprint density at radius 1 is 1.00 bits per heavy atom. The van der Waals surface area contributed by atoms with E-state index in [1.54, 1.807) is 24.3 Å². The first kappa shape index (κ1) is 16.5. The van der Waals surface area contributed by atoms with Crippen molar-refractivity contribution < 1.29 is 18.7 Å². The Bertz CT molecular complexity index is 716. The molecule has 0 aliphatic rings. The molecule has 2 N–H and O–H groups in total. The van der Waals surface area contributed by atoms with Gasteiger partial charge in [0.2, 0.25) is 0 Å². The molecule has 0 aliphatic heterocycles. The van der Waals surface area contributed by atoms with E-state index >= 15 is 0 Å². The number of hydrogen-bond acceptors (Lipinski definition) is 3. The molecule has 2 aromatic rings. The number of amides is 2. The van der Waals surface area contributed by atoms with E-state index in [1.807, 2.05) is 13.8 Å². The van der Waals surface area contributed by atoms with Gasteiger partial charge < -0.3 is 15.4 Å². The molecule has 0 aliphatic carbocycles. The normalized spacial score (nSPS) is 10.3. The number of para-hydroxylation sites is 2. The second kappa shape index (κ2) is 7.40. The number of ether oxygens (including phenoxy) is 1. The van der Waals surface area contributed by atoms with Crippen molar-refractivity contribution in [3.63, 3.8) is 0 Å². The van der Waals surface area contributed by atoms with Crippen LogP contribution < -0.4 is 15.4 Å². The third kappa shape index (κ3) is 4.81. The highest BCUT2D eigenvalue weighted by molar-refractivity contribution is 6.43. The van der Waals surface area contributed by atoms with Crippen molar-refractivity contribution in [2.24, 2.45) is 0 Å².